The first-order chi connectivity index (χ1) is 8.65. The fourth-order valence-corrected chi connectivity index (χ4v) is 1.60. The SMILES string of the molecule is O=C(/C=C/c1ccc(O)cc1)N[C@H]1CCOC1=O. The zero-order valence-electron chi connectivity index (χ0n) is 9.63. The van der Waals surface area contributed by atoms with Crippen LogP contribution in [-0.2, 0) is 14.3 Å². The van der Waals surface area contributed by atoms with E-state index < -0.39 is 6.04 Å². The third-order valence-electron chi connectivity index (χ3n) is 2.57. The van der Waals surface area contributed by atoms with E-state index in [1.807, 2.05) is 0 Å². The van der Waals surface area contributed by atoms with E-state index >= 15 is 0 Å². The highest BCUT2D eigenvalue weighted by molar-refractivity contribution is 5.94. The predicted molar refractivity (Wildman–Crippen MR) is 64.6 cm³/mol. The number of benzene rings is 1. The third kappa shape index (κ3) is 3.10. The molecule has 2 N–H and O–H groups in total. The predicted octanol–water partition coefficient (Wildman–Crippen LogP) is 0.837. The number of hydrogen-bond donors (Lipinski definition) is 2. The van der Waals surface area contributed by atoms with Gasteiger partial charge in [0.1, 0.15) is 11.8 Å². The molecule has 0 bridgehead atoms. The topological polar surface area (TPSA) is 75.6 Å². The molecule has 1 aliphatic rings. The molecule has 1 aromatic carbocycles. The Balaban J connectivity index is 1.90. The average molecular weight is 247 g/mol. The molecule has 1 heterocycles. The average Bonchev–Trinajstić information content (AvgIpc) is 2.74. The molecule has 5 nitrogen and oxygen atoms in total. The number of aromatic hydroxyl groups is 1. The zero-order chi connectivity index (χ0) is 13.0. The maximum Gasteiger partial charge on any atom is 0.328 e. The fourth-order valence-electron chi connectivity index (χ4n) is 1.60. The second-order valence-corrected chi connectivity index (χ2v) is 3.94. The summed E-state index contributed by atoms with van der Waals surface area (Å²) in [5.41, 5.74) is 0.789. The van der Waals surface area contributed by atoms with Crippen molar-refractivity contribution in [2.75, 3.05) is 6.61 Å². The van der Waals surface area contributed by atoms with Crippen LogP contribution in [0.2, 0.25) is 0 Å². The van der Waals surface area contributed by atoms with E-state index in [4.69, 9.17) is 9.84 Å². The Hall–Kier alpha value is -2.30. The summed E-state index contributed by atoms with van der Waals surface area (Å²) in [6.45, 7) is 0.353. The van der Waals surface area contributed by atoms with Crippen LogP contribution in [0.25, 0.3) is 6.08 Å². The van der Waals surface area contributed by atoms with Gasteiger partial charge >= 0.3 is 5.97 Å². The van der Waals surface area contributed by atoms with Crippen molar-refractivity contribution >= 4 is 18.0 Å². The first-order valence-electron chi connectivity index (χ1n) is 5.59. The van der Waals surface area contributed by atoms with E-state index in [2.05, 4.69) is 5.32 Å². The van der Waals surface area contributed by atoms with Crippen molar-refractivity contribution in [3.05, 3.63) is 35.9 Å². The van der Waals surface area contributed by atoms with Gasteiger partial charge in [-0.2, -0.15) is 0 Å². The molecule has 18 heavy (non-hydrogen) atoms. The lowest BCUT2D eigenvalue weighted by Gasteiger charge is -2.05. The minimum atomic E-state index is -0.540. The van der Waals surface area contributed by atoms with Crippen LogP contribution in [-0.4, -0.2) is 29.6 Å². The summed E-state index contributed by atoms with van der Waals surface area (Å²) in [6.07, 6.45) is 3.46. The highest BCUT2D eigenvalue weighted by Gasteiger charge is 2.27. The van der Waals surface area contributed by atoms with Crippen LogP contribution in [0.4, 0.5) is 0 Å². The molecule has 0 aromatic heterocycles. The second-order valence-electron chi connectivity index (χ2n) is 3.94. The van der Waals surface area contributed by atoms with Gasteiger partial charge in [-0.3, -0.25) is 4.79 Å². The van der Waals surface area contributed by atoms with Gasteiger partial charge in [-0.25, -0.2) is 4.79 Å². The summed E-state index contributed by atoms with van der Waals surface area (Å²) in [5, 5.41) is 11.7. The van der Waals surface area contributed by atoms with Crippen LogP contribution in [0.15, 0.2) is 30.3 Å². The summed E-state index contributed by atoms with van der Waals surface area (Å²) < 4.78 is 4.74. The number of esters is 1. The molecule has 1 amide bonds. The molecule has 0 spiro atoms. The van der Waals surface area contributed by atoms with Gasteiger partial charge in [-0.05, 0) is 23.8 Å². The molecule has 1 fully saturated rings. The van der Waals surface area contributed by atoms with Gasteiger partial charge in [-0.1, -0.05) is 12.1 Å². The zero-order valence-corrected chi connectivity index (χ0v) is 9.63. The number of carbonyl (C=O) groups excluding carboxylic acids is 2. The smallest absolute Gasteiger partial charge is 0.328 e. The van der Waals surface area contributed by atoms with Crippen LogP contribution in [0, 0.1) is 0 Å². The van der Waals surface area contributed by atoms with E-state index in [1.54, 1.807) is 18.2 Å². The minimum Gasteiger partial charge on any atom is -0.508 e. The van der Waals surface area contributed by atoms with Gasteiger partial charge in [0.15, 0.2) is 0 Å². The van der Waals surface area contributed by atoms with Gasteiger partial charge in [0, 0.05) is 12.5 Å². The third-order valence-corrected chi connectivity index (χ3v) is 2.57. The molecule has 1 aromatic rings. The summed E-state index contributed by atoms with van der Waals surface area (Å²) in [4.78, 5) is 22.7. The molecule has 1 aliphatic heterocycles. The van der Waals surface area contributed by atoms with Crippen LogP contribution in [0.3, 0.4) is 0 Å². The molecule has 94 valence electrons. The van der Waals surface area contributed by atoms with Gasteiger partial charge < -0.3 is 15.2 Å². The van der Waals surface area contributed by atoms with Crippen LogP contribution in [0.1, 0.15) is 12.0 Å². The van der Waals surface area contributed by atoms with Crippen molar-refractivity contribution in [1.29, 1.82) is 0 Å². The maximum absolute atomic E-state index is 11.5. The first kappa shape index (κ1) is 12.2. The molecule has 0 aliphatic carbocycles. The Kier molecular flexibility index (Phi) is 3.62. The quantitative estimate of drug-likeness (QED) is 0.613. The number of ether oxygens (including phenoxy) is 1. The number of carbonyl (C=O) groups is 2. The Morgan fingerprint density at radius 1 is 1.39 bits per heavy atom. The van der Waals surface area contributed by atoms with Crippen molar-refractivity contribution in [3.8, 4) is 5.75 Å². The normalized spacial score (nSPS) is 18.9. The molecule has 2 rings (SSSR count). The molecule has 5 heteroatoms. The first-order valence-corrected chi connectivity index (χ1v) is 5.59. The molecular weight excluding hydrogens is 234 g/mol. The van der Waals surface area contributed by atoms with Crippen molar-refractivity contribution in [3.63, 3.8) is 0 Å². The number of phenols is 1. The minimum absolute atomic E-state index is 0.172. The summed E-state index contributed by atoms with van der Waals surface area (Å²) in [7, 11) is 0. The fraction of sp³-hybridized carbons (Fsp3) is 0.231. The molecular formula is C13H13NO4. The lowest BCUT2D eigenvalue weighted by Crippen LogP contribution is -2.36. The Morgan fingerprint density at radius 2 is 2.11 bits per heavy atom. The number of hydrogen-bond acceptors (Lipinski definition) is 4. The van der Waals surface area contributed by atoms with Crippen molar-refractivity contribution in [2.24, 2.45) is 0 Å². The van der Waals surface area contributed by atoms with Gasteiger partial charge in [-0.15, -0.1) is 0 Å². The number of nitrogens with one attached hydrogen (secondary N) is 1. The van der Waals surface area contributed by atoms with E-state index in [0.717, 1.165) is 5.56 Å². The summed E-state index contributed by atoms with van der Waals surface area (Å²) in [6, 6.07) is 5.89. The number of amides is 1. The molecule has 1 atom stereocenters. The van der Waals surface area contributed by atoms with Crippen LogP contribution in [0.5, 0.6) is 5.75 Å². The van der Waals surface area contributed by atoms with Crippen LogP contribution >= 0.6 is 0 Å². The molecule has 0 saturated carbocycles. The van der Waals surface area contributed by atoms with E-state index in [1.165, 1.54) is 18.2 Å². The van der Waals surface area contributed by atoms with E-state index in [0.29, 0.717) is 13.0 Å². The standard InChI is InChI=1S/C13H13NO4/c15-10-4-1-9(2-5-10)3-6-12(16)14-11-7-8-18-13(11)17/h1-6,11,15H,7-8H2,(H,14,16)/b6-3+/t11-/m0/s1. The highest BCUT2D eigenvalue weighted by atomic mass is 16.5. The van der Waals surface area contributed by atoms with Crippen molar-refractivity contribution in [1.82, 2.24) is 5.32 Å². The maximum atomic E-state index is 11.5. The summed E-state index contributed by atoms with van der Waals surface area (Å²) in [5.74, 6) is -0.557. The largest absolute Gasteiger partial charge is 0.508 e. The number of rotatable bonds is 3. The highest BCUT2D eigenvalue weighted by Crippen LogP contribution is 2.11. The molecule has 1 saturated heterocycles. The van der Waals surface area contributed by atoms with Crippen molar-refractivity contribution < 1.29 is 19.4 Å². The lowest BCUT2D eigenvalue weighted by molar-refractivity contribution is -0.140. The van der Waals surface area contributed by atoms with Gasteiger partial charge in [0.2, 0.25) is 5.91 Å². The Bertz CT molecular complexity index is 478. The molecule has 0 unspecified atom stereocenters. The van der Waals surface area contributed by atoms with E-state index in [9.17, 15) is 9.59 Å². The molecule has 0 radical (unpaired) electrons. The van der Waals surface area contributed by atoms with Crippen molar-refractivity contribution in [2.45, 2.75) is 12.5 Å². The number of cyclic esters (lactones) is 1. The summed E-state index contributed by atoms with van der Waals surface area (Å²) >= 11 is 0. The number of phenolic OH excluding ortho intramolecular Hbond substituents is 1. The van der Waals surface area contributed by atoms with Crippen LogP contribution < -0.4 is 5.32 Å². The Labute approximate surface area is 104 Å². The van der Waals surface area contributed by atoms with Gasteiger partial charge in [0.25, 0.3) is 0 Å². The lowest BCUT2D eigenvalue weighted by atomic mass is 10.2. The Morgan fingerprint density at radius 3 is 2.72 bits per heavy atom. The van der Waals surface area contributed by atoms with Gasteiger partial charge in [0.05, 0.1) is 6.61 Å². The monoisotopic (exact) mass is 247 g/mol. The van der Waals surface area contributed by atoms with E-state index in [-0.39, 0.29) is 17.6 Å². The second kappa shape index (κ2) is 5.35.